The summed E-state index contributed by atoms with van der Waals surface area (Å²) < 4.78 is 6.68. The number of hydrogen-bond acceptors (Lipinski definition) is 1. The molecule has 2 rings (SSSR count). The predicted molar refractivity (Wildman–Crippen MR) is 67.3 cm³/mol. The van der Waals surface area contributed by atoms with E-state index in [1.807, 2.05) is 18.2 Å². The van der Waals surface area contributed by atoms with Crippen LogP contribution >= 0.6 is 27.5 Å². The van der Waals surface area contributed by atoms with Crippen LogP contribution in [-0.2, 0) is 0 Å². The van der Waals surface area contributed by atoms with Crippen molar-refractivity contribution in [1.29, 1.82) is 0 Å². The van der Waals surface area contributed by atoms with Crippen LogP contribution in [0.3, 0.4) is 0 Å². The van der Waals surface area contributed by atoms with Crippen molar-refractivity contribution < 1.29 is 4.74 Å². The van der Waals surface area contributed by atoms with Gasteiger partial charge in [-0.2, -0.15) is 0 Å². The summed E-state index contributed by atoms with van der Waals surface area (Å²) >= 11 is 9.78. The van der Waals surface area contributed by atoms with Crippen molar-refractivity contribution in [3.8, 4) is 5.75 Å². The fourth-order valence-corrected chi connectivity index (χ4v) is 2.36. The van der Waals surface area contributed by atoms with Gasteiger partial charge in [0.05, 0.1) is 5.03 Å². The van der Waals surface area contributed by atoms with Crippen LogP contribution in [0.2, 0.25) is 0 Å². The minimum Gasteiger partial charge on any atom is -0.489 e. The molecule has 0 radical (unpaired) electrons. The smallest absolute Gasteiger partial charge is 0.128 e. The van der Waals surface area contributed by atoms with Crippen molar-refractivity contribution in [2.45, 2.75) is 19.8 Å². The number of ether oxygens (including phenoxy) is 1. The lowest BCUT2D eigenvalue weighted by molar-refractivity contribution is 0.341. The van der Waals surface area contributed by atoms with Crippen LogP contribution in [0, 0.1) is 0 Å². The van der Waals surface area contributed by atoms with Gasteiger partial charge in [0.2, 0.25) is 0 Å². The standard InChI is InChI=1S/C12H12BrClO/c1-2-3-8-7-15-11-5-4-9(13)6-10(11)12(8)14/h4-6H,2-3,7H2,1H3. The van der Waals surface area contributed by atoms with Gasteiger partial charge in [-0.25, -0.2) is 0 Å². The van der Waals surface area contributed by atoms with Gasteiger partial charge >= 0.3 is 0 Å². The SMILES string of the molecule is CCCC1=C(Cl)c2cc(Br)ccc2OC1. The molecule has 15 heavy (non-hydrogen) atoms. The van der Waals surface area contributed by atoms with Gasteiger partial charge in [-0.3, -0.25) is 0 Å². The fraction of sp³-hybridized carbons (Fsp3) is 0.333. The number of benzene rings is 1. The van der Waals surface area contributed by atoms with E-state index in [4.69, 9.17) is 16.3 Å². The second kappa shape index (κ2) is 4.58. The van der Waals surface area contributed by atoms with Gasteiger partial charge in [0.15, 0.2) is 0 Å². The predicted octanol–water partition coefficient (Wildman–Crippen LogP) is 4.59. The quantitative estimate of drug-likeness (QED) is 0.773. The Labute approximate surface area is 103 Å². The van der Waals surface area contributed by atoms with Crippen LogP contribution < -0.4 is 4.74 Å². The van der Waals surface area contributed by atoms with E-state index in [2.05, 4.69) is 22.9 Å². The van der Waals surface area contributed by atoms with E-state index in [0.717, 1.165) is 33.7 Å². The Balaban J connectivity index is 2.45. The Morgan fingerprint density at radius 1 is 1.47 bits per heavy atom. The largest absolute Gasteiger partial charge is 0.489 e. The van der Waals surface area contributed by atoms with Crippen molar-refractivity contribution in [3.63, 3.8) is 0 Å². The second-order valence-electron chi connectivity index (χ2n) is 3.60. The summed E-state index contributed by atoms with van der Waals surface area (Å²) in [4.78, 5) is 0. The molecular weight excluding hydrogens is 275 g/mol. The van der Waals surface area contributed by atoms with Gasteiger partial charge in [0, 0.05) is 10.0 Å². The van der Waals surface area contributed by atoms with Gasteiger partial charge in [-0.15, -0.1) is 0 Å². The van der Waals surface area contributed by atoms with Crippen LogP contribution in [-0.4, -0.2) is 6.61 Å². The Morgan fingerprint density at radius 2 is 2.27 bits per heavy atom. The first kappa shape index (κ1) is 11.0. The van der Waals surface area contributed by atoms with E-state index in [1.165, 1.54) is 5.57 Å². The van der Waals surface area contributed by atoms with Crippen molar-refractivity contribution >= 4 is 32.6 Å². The van der Waals surface area contributed by atoms with Crippen LogP contribution in [0.1, 0.15) is 25.3 Å². The van der Waals surface area contributed by atoms with Crippen molar-refractivity contribution in [3.05, 3.63) is 33.8 Å². The van der Waals surface area contributed by atoms with Crippen molar-refractivity contribution in [2.24, 2.45) is 0 Å². The maximum Gasteiger partial charge on any atom is 0.128 e. The molecule has 0 aromatic heterocycles. The topological polar surface area (TPSA) is 9.23 Å². The first-order chi connectivity index (χ1) is 7.22. The van der Waals surface area contributed by atoms with Crippen LogP contribution in [0.15, 0.2) is 28.2 Å². The molecule has 1 aromatic rings. The van der Waals surface area contributed by atoms with Crippen LogP contribution in [0.4, 0.5) is 0 Å². The Morgan fingerprint density at radius 3 is 3.00 bits per heavy atom. The summed E-state index contributed by atoms with van der Waals surface area (Å²) in [6, 6.07) is 5.92. The van der Waals surface area contributed by atoms with Gasteiger partial charge in [0.25, 0.3) is 0 Å². The zero-order valence-electron chi connectivity index (χ0n) is 8.52. The summed E-state index contributed by atoms with van der Waals surface area (Å²) in [5, 5.41) is 0.861. The molecule has 1 aliphatic heterocycles. The third kappa shape index (κ3) is 2.21. The molecule has 0 saturated carbocycles. The summed E-state index contributed by atoms with van der Waals surface area (Å²) in [5.41, 5.74) is 2.20. The van der Waals surface area contributed by atoms with E-state index in [1.54, 1.807) is 0 Å². The summed E-state index contributed by atoms with van der Waals surface area (Å²) in [6.45, 7) is 2.77. The van der Waals surface area contributed by atoms with E-state index >= 15 is 0 Å². The van der Waals surface area contributed by atoms with Crippen molar-refractivity contribution in [1.82, 2.24) is 0 Å². The zero-order chi connectivity index (χ0) is 10.8. The van der Waals surface area contributed by atoms with Gasteiger partial charge in [-0.1, -0.05) is 40.9 Å². The Kier molecular flexibility index (Phi) is 3.37. The number of fused-ring (bicyclic) bond motifs is 1. The first-order valence-electron chi connectivity index (χ1n) is 5.02. The molecule has 0 atom stereocenters. The average molecular weight is 288 g/mol. The Bertz CT molecular complexity index is 412. The van der Waals surface area contributed by atoms with Gasteiger partial charge in [-0.05, 0) is 30.2 Å². The summed E-state index contributed by atoms with van der Waals surface area (Å²) in [5.74, 6) is 0.878. The van der Waals surface area contributed by atoms with Crippen LogP contribution in [0.25, 0.3) is 5.03 Å². The normalized spacial score (nSPS) is 14.9. The molecule has 0 spiro atoms. The molecule has 0 bridgehead atoms. The molecule has 1 aliphatic rings. The molecule has 0 fully saturated rings. The molecule has 0 saturated heterocycles. The summed E-state index contributed by atoms with van der Waals surface area (Å²) in [6.07, 6.45) is 2.10. The highest BCUT2D eigenvalue weighted by atomic mass is 79.9. The average Bonchev–Trinajstić information content (AvgIpc) is 2.23. The van der Waals surface area contributed by atoms with Crippen molar-refractivity contribution in [2.75, 3.05) is 6.61 Å². The lowest BCUT2D eigenvalue weighted by Gasteiger charge is -2.20. The lowest BCUT2D eigenvalue weighted by Crippen LogP contribution is -2.09. The summed E-state index contributed by atoms with van der Waals surface area (Å²) in [7, 11) is 0. The number of halogens is 2. The first-order valence-corrected chi connectivity index (χ1v) is 6.19. The minimum atomic E-state index is 0.626. The molecule has 0 N–H and O–H groups in total. The lowest BCUT2D eigenvalue weighted by atomic mass is 10.0. The van der Waals surface area contributed by atoms with E-state index in [9.17, 15) is 0 Å². The molecule has 1 heterocycles. The zero-order valence-corrected chi connectivity index (χ0v) is 10.9. The van der Waals surface area contributed by atoms with E-state index in [-0.39, 0.29) is 0 Å². The third-order valence-corrected chi connectivity index (χ3v) is 3.41. The van der Waals surface area contributed by atoms with Gasteiger partial charge in [0.1, 0.15) is 12.4 Å². The molecule has 0 aliphatic carbocycles. The molecule has 1 nitrogen and oxygen atoms in total. The fourth-order valence-electron chi connectivity index (χ4n) is 1.70. The number of hydrogen-bond donors (Lipinski definition) is 0. The molecule has 1 aromatic carbocycles. The second-order valence-corrected chi connectivity index (χ2v) is 4.89. The van der Waals surface area contributed by atoms with E-state index in [0.29, 0.717) is 6.61 Å². The van der Waals surface area contributed by atoms with Crippen LogP contribution in [0.5, 0.6) is 5.75 Å². The van der Waals surface area contributed by atoms with E-state index < -0.39 is 0 Å². The maximum absolute atomic E-state index is 6.34. The molecule has 3 heteroatoms. The highest BCUT2D eigenvalue weighted by Crippen LogP contribution is 2.38. The molecule has 0 amide bonds. The molecule has 80 valence electrons. The highest BCUT2D eigenvalue weighted by Gasteiger charge is 2.18. The molecular formula is C12H12BrClO. The maximum atomic E-state index is 6.34. The van der Waals surface area contributed by atoms with Gasteiger partial charge < -0.3 is 4.74 Å². The third-order valence-electron chi connectivity index (χ3n) is 2.44. The number of rotatable bonds is 2. The highest BCUT2D eigenvalue weighted by molar-refractivity contribution is 9.10. The minimum absolute atomic E-state index is 0.626. The monoisotopic (exact) mass is 286 g/mol. The molecule has 0 unspecified atom stereocenters. The Hall–Kier alpha value is -0.470.